The lowest BCUT2D eigenvalue weighted by Crippen LogP contribution is -2.11. The van der Waals surface area contributed by atoms with Gasteiger partial charge in [0, 0.05) is 22.7 Å². The first-order valence-electron chi connectivity index (χ1n) is 9.74. The Bertz CT molecular complexity index is 1350. The monoisotopic (exact) mass is 438 g/mol. The lowest BCUT2D eigenvalue weighted by Gasteiger charge is -2.06. The van der Waals surface area contributed by atoms with Crippen molar-refractivity contribution >= 4 is 34.6 Å². The van der Waals surface area contributed by atoms with Crippen molar-refractivity contribution in [3.05, 3.63) is 112 Å². The zero-order valence-corrected chi connectivity index (χ0v) is 18.1. The maximum absolute atomic E-state index is 4.76. The fourth-order valence-electron chi connectivity index (χ4n) is 3.15. The summed E-state index contributed by atoms with van der Waals surface area (Å²) in [4.78, 5) is 9.72. The number of thiophene rings is 1. The van der Waals surface area contributed by atoms with Crippen molar-refractivity contribution in [2.75, 3.05) is 0 Å². The highest BCUT2D eigenvalue weighted by Crippen LogP contribution is 2.25. The van der Waals surface area contributed by atoms with Gasteiger partial charge in [-0.2, -0.15) is 16.4 Å². The van der Waals surface area contributed by atoms with Crippen molar-refractivity contribution in [1.82, 2.24) is 9.66 Å². The number of hydrogen-bond acceptors (Lipinski definition) is 5. The summed E-state index contributed by atoms with van der Waals surface area (Å²) in [6.45, 7) is 0. The first-order valence-corrected chi connectivity index (χ1v) is 11.6. The predicted octanol–water partition coefficient (Wildman–Crippen LogP) is 6.45. The van der Waals surface area contributed by atoms with E-state index in [1.165, 1.54) is 11.1 Å². The zero-order valence-electron chi connectivity index (χ0n) is 16.5. The summed E-state index contributed by atoms with van der Waals surface area (Å²) in [7, 11) is 0. The fourth-order valence-corrected chi connectivity index (χ4v) is 4.62. The topological polar surface area (TPSA) is 42.5 Å². The van der Waals surface area contributed by atoms with Crippen molar-refractivity contribution in [3.8, 4) is 22.4 Å². The van der Waals surface area contributed by atoms with E-state index in [4.69, 9.17) is 10.1 Å². The molecule has 5 rings (SSSR count). The number of aromatic nitrogens is 2. The summed E-state index contributed by atoms with van der Waals surface area (Å²) < 4.78 is 1.90. The quantitative estimate of drug-likeness (QED) is 0.291. The average molecular weight is 439 g/mol. The van der Waals surface area contributed by atoms with E-state index in [1.54, 1.807) is 35.1 Å². The van der Waals surface area contributed by atoms with Gasteiger partial charge in [0.2, 0.25) is 4.80 Å². The smallest absolute Gasteiger partial charge is 0.211 e. The van der Waals surface area contributed by atoms with Gasteiger partial charge in [0.1, 0.15) is 0 Å². The summed E-state index contributed by atoms with van der Waals surface area (Å²) in [5.41, 5.74) is 6.35. The summed E-state index contributed by atoms with van der Waals surface area (Å²) in [6.07, 6.45) is 5.37. The first kappa shape index (κ1) is 19.4. The molecule has 3 heterocycles. The molecule has 0 bridgehead atoms. The van der Waals surface area contributed by atoms with Crippen LogP contribution in [0.25, 0.3) is 22.4 Å². The minimum atomic E-state index is 0.793. The van der Waals surface area contributed by atoms with E-state index >= 15 is 0 Å². The Morgan fingerprint density at radius 1 is 0.806 bits per heavy atom. The molecule has 0 saturated carbocycles. The molecule has 31 heavy (non-hydrogen) atoms. The van der Waals surface area contributed by atoms with Gasteiger partial charge in [-0.1, -0.05) is 54.6 Å². The van der Waals surface area contributed by atoms with E-state index in [9.17, 15) is 0 Å². The van der Waals surface area contributed by atoms with Crippen molar-refractivity contribution in [3.63, 3.8) is 0 Å². The van der Waals surface area contributed by atoms with Gasteiger partial charge >= 0.3 is 0 Å². The highest BCUT2D eigenvalue weighted by atomic mass is 32.1. The van der Waals surface area contributed by atoms with E-state index in [0.717, 1.165) is 27.3 Å². The molecule has 4 nitrogen and oxygen atoms in total. The van der Waals surface area contributed by atoms with Crippen LogP contribution in [0.3, 0.4) is 0 Å². The van der Waals surface area contributed by atoms with Crippen LogP contribution in [0.5, 0.6) is 0 Å². The standard InChI is InChI=1S/C25H18N4S2/c1-2-5-20(6-3-1)21-8-10-22(11-9-21)24-18-31-25(28-23-7-4-13-26-16-23)29(24)27-15-19-12-14-30-17-19/h1-18H. The second-order valence-electron chi connectivity index (χ2n) is 6.78. The second-order valence-corrected chi connectivity index (χ2v) is 8.40. The Morgan fingerprint density at radius 2 is 1.61 bits per heavy atom. The fraction of sp³-hybridized carbons (Fsp3) is 0. The van der Waals surface area contributed by atoms with Crippen molar-refractivity contribution in [2.45, 2.75) is 0 Å². The zero-order chi connectivity index (χ0) is 20.9. The molecule has 2 aromatic carbocycles. The Kier molecular flexibility index (Phi) is 5.64. The molecule has 0 unspecified atom stereocenters. The highest BCUT2D eigenvalue weighted by molar-refractivity contribution is 7.08. The van der Waals surface area contributed by atoms with Crippen molar-refractivity contribution in [1.29, 1.82) is 0 Å². The van der Waals surface area contributed by atoms with E-state index < -0.39 is 0 Å². The van der Waals surface area contributed by atoms with Crippen LogP contribution in [0.15, 0.2) is 111 Å². The van der Waals surface area contributed by atoms with Gasteiger partial charge in [-0.25, -0.2) is 9.67 Å². The van der Waals surface area contributed by atoms with E-state index in [0.29, 0.717) is 0 Å². The molecule has 0 aliphatic rings. The molecule has 0 amide bonds. The third kappa shape index (κ3) is 4.45. The third-order valence-corrected chi connectivity index (χ3v) is 6.23. The van der Waals surface area contributed by atoms with Crippen LogP contribution in [0.1, 0.15) is 5.56 Å². The largest absolute Gasteiger partial charge is 0.262 e. The van der Waals surface area contributed by atoms with Crippen LogP contribution in [0.2, 0.25) is 0 Å². The maximum Gasteiger partial charge on any atom is 0.211 e. The van der Waals surface area contributed by atoms with Crippen molar-refractivity contribution in [2.24, 2.45) is 10.1 Å². The molecule has 0 aliphatic heterocycles. The number of thiazole rings is 1. The lowest BCUT2D eigenvalue weighted by molar-refractivity contribution is 0.854. The number of benzene rings is 2. The SMILES string of the molecule is C(=Nn1c(-c2ccc(-c3ccccc3)cc2)csc1=Nc1cccnc1)c1ccsc1. The van der Waals surface area contributed by atoms with Crippen LogP contribution in [0.4, 0.5) is 5.69 Å². The minimum Gasteiger partial charge on any atom is -0.262 e. The maximum atomic E-state index is 4.76. The molecule has 0 saturated heterocycles. The molecule has 6 heteroatoms. The number of nitrogens with zero attached hydrogens (tertiary/aromatic N) is 4. The van der Waals surface area contributed by atoms with E-state index in [2.05, 4.69) is 64.3 Å². The van der Waals surface area contributed by atoms with Gasteiger partial charge in [-0.15, -0.1) is 11.3 Å². The molecule has 0 N–H and O–H groups in total. The van der Waals surface area contributed by atoms with Crippen LogP contribution >= 0.6 is 22.7 Å². The average Bonchev–Trinajstić information content (AvgIpc) is 3.49. The lowest BCUT2D eigenvalue weighted by atomic mass is 10.0. The minimum absolute atomic E-state index is 0.793. The van der Waals surface area contributed by atoms with Gasteiger partial charge < -0.3 is 0 Å². The van der Waals surface area contributed by atoms with Gasteiger partial charge in [-0.05, 0) is 40.1 Å². The molecule has 150 valence electrons. The Balaban J connectivity index is 1.57. The highest BCUT2D eigenvalue weighted by Gasteiger charge is 2.08. The molecular weight excluding hydrogens is 420 g/mol. The van der Waals surface area contributed by atoms with Crippen LogP contribution in [-0.2, 0) is 0 Å². The Morgan fingerprint density at radius 3 is 2.35 bits per heavy atom. The normalized spacial score (nSPS) is 11.9. The van der Waals surface area contributed by atoms with Crippen LogP contribution < -0.4 is 4.80 Å². The summed E-state index contributed by atoms with van der Waals surface area (Å²) >= 11 is 3.22. The van der Waals surface area contributed by atoms with E-state index in [1.807, 2.05) is 40.5 Å². The third-order valence-electron chi connectivity index (χ3n) is 4.71. The summed E-state index contributed by atoms with van der Waals surface area (Å²) in [6, 6.07) is 24.8. The molecule has 3 aromatic heterocycles. The molecule has 0 fully saturated rings. The molecule has 5 aromatic rings. The number of hydrogen-bond donors (Lipinski definition) is 0. The predicted molar refractivity (Wildman–Crippen MR) is 130 cm³/mol. The molecular formula is C25H18N4S2. The molecule has 0 spiro atoms. The number of rotatable bonds is 5. The number of pyridine rings is 1. The molecule has 0 aliphatic carbocycles. The van der Waals surface area contributed by atoms with Crippen LogP contribution in [0, 0.1) is 0 Å². The first-order chi connectivity index (χ1) is 15.4. The van der Waals surface area contributed by atoms with Crippen LogP contribution in [-0.4, -0.2) is 15.9 Å². The van der Waals surface area contributed by atoms with Gasteiger partial charge in [0.15, 0.2) is 0 Å². The van der Waals surface area contributed by atoms with Gasteiger partial charge in [-0.3, -0.25) is 4.98 Å². The molecule has 0 atom stereocenters. The van der Waals surface area contributed by atoms with Gasteiger partial charge in [0.25, 0.3) is 0 Å². The molecule has 0 radical (unpaired) electrons. The summed E-state index contributed by atoms with van der Waals surface area (Å²) in [5, 5.41) is 11.0. The Hall–Kier alpha value is -3.61. The summed E-state index contributed by atoms with van der Waals surface area (Å²) in [5.74, 6) is 0. The van der Waals surface area contributed by atoms with Crippen molar-refractivity contribution < 1.29 is 0 Å². The van der Waals surface area contributed by atoms with E-state index in [-0.39, 0.29) is 0 Å². The second kappa shape index (κ2) is 9.04. The Labute approximate surface area is 188 Å². The van der Waals surface area contributed by atoms with Gasteiger partial charge in [0.05, 0.1) is 23.8 Å².